The highest BCUT2D eigenvalue weighted by Gasteiger charge is 2.12. The van der Waals surface area contributed by atoms with Crippen LogP contribution in [0, 0.1) is 0 Å². The van der Waals surface area contributed by atoms with Crippen molar-refractivity contribution in [3.8, 4) is 0 Å². The highest BCUT2D eigenvalue weighted by atomic mass is 35.5. The standard InChI is InChI=1S/C13H14Cl2N4/c1-19(7-4-10-2-5-16-6-3-10)13-11(8-14)12(15)17-9-18-13/h2-3,5-6,9H,4,7-8H2,1H3. The molecule has 0 unspecified atom stereocenters. The summed E-state index contributed by atoms with van der Waals surface area (Å²) < 4.78 is 0. The number of nitrogens with zero attached hydrogens (tertiary/aromatic N) is 4. The molecular weight excluding hydrogens is 283 g/mol. The van der Waals surface area contributed by atoms with E-state index < -0.39 is 0 Å². The molecule has 0 spiro atoms. The van der Waals surface area contributed by atoms with E-state index in [1.807, 2.05) is 24.1 Å². The number of rotatable bonds is 5. The van der Waals surface area contributed by atoms with Gasteiger partial charge in [0.1, 0.15) is 17.3 Å². The molecule has 0 N–H and O–H groups in total. The fraction of sp³-hybridized carbons (Fsp3) is 0.308. The minimum atomic E-state index is 0.300. The average molecular weight is 297 g/mol. The number of aromatic nitrogens is 3. The molecule has 0 aliphatic rings. The molecule has 0 radical (unpaired) electrons. The van der Waals surface area contributed by atoms with Gasteiger partial charge in [0.25, 0.3) is 0 Å². The van der Waals surface area contributed by atoms with E-state index in [9.17, 15) is 0 Å². The van der Waals surface area contributed by atoms with Crippen LogP contribution in [0.4, 0.5) is 5.82 Å². The maximum Gasteiger partial charge on any atom is 0.138 e. The Labute approximate surface area is 122 Å². The van der Waals surface area contributed by atoms with Crippen LogP contribution < -0.4 is 4.90 Å². The highest BCUT2D eigenvalue weighted by molar-refractivity contribution is 6.31. The largest absolute Gasteiger partial charge is 0.359 e. The number of likely N-dealkylation sites (N-methyl/N-ethyl adjacent to an activating group) is 1. The van der Waals surface area contributed by atoms with E-state index >= 15 is 0 Å². The molecule has 0 aliphatic heterocycles. The second-order valence-corrected chi connectivity index (χ2v) is 4.75. The number of hydrogen-bond donors (Lipinski definition) is 0. The lowest BCUT2D eigenvalue weighted by Crippen LogP contribution is -2.23. The molecule has 0 bridgehead atoms. The Kier molecular flexibility index (Phi) is 4.93. The number of pyridine rings is 1. The molecular formula is C13H14Cl2N4. The monoisotopic (exact) mass is 296 g/mol. The third kappa shape index (κ3) is 3.55. The van der Waals surface area contributed by atoms with Crippen molar-refractivity contribution in [1.29, 1.82) is 0 Å². The smallest absolute Gasteiger partial charge is 0.138 e. The fourth-order valence-corrected chi connectivity index (χ4v) is 2.29. The third-order valence-corrected chi connectivity index (χ3v) is 3.44. The predicted octanol–water partition coefficient (Wildman–Crippen LogP) is 2.94. The van der Waals surface area contributed by atoms with E-state index in [0.717, 1.165) is 24.3 Å². The Morgan fingerprint density at radius 2 is 1.95 bits per heavy atom. The molecule has 0 saturated carbocycles. The first-order valence-corrected chi connectivity index (χ1v) is 6.79. The number of halogens is 2. The van der Waals surface area contributed by atoms with Gasteiger partial charge in [-0.25, -0.2) is 9.97 Å². The first-order valence-electron chi connectivity index (χ1n) is 5.87. The van der Waals surface area contributed by atoms with Gasteiger partial charge in [-0.3, -0.25) is 4.98 Å². The van der Waals surface area contributed by atoms with Crippen LogP contribution in [0.2, 0.25) is 5.15 Å². The van der Waals surface area contributed by atoms with Crippen LogP contribution in [0.1, 0.15) is 11.1 Å². The van der Waals surface area contributed by atoms with Crippen LogP contribution in [0.25, 0.3) is 0 Å². The summed E-state index contributed by atoms with van der Waals surface area (Å²) in [5, 5.41) is 0.413. The summed E-state index contributed by atoms with van der Waals surface area (Å²) >= 11 is 11.9. The molecule has 19 heavy (non-hydrogen) atoms. The molecule has 0 saturated heterocycles. The molecule has 2 rings (SSSR count). The molecule has 0 atom stereocenters. The molecule has 4 nitrogen and oxygen atoms in total. The summed E-state index contributed by atoms with van der Waals surface area (Å²) in [6.45, 7) is 0.821. The highest BCUT2D eigenvalue weighted by Crippen LogP contribution is 2.24. The van der Waals surface area contributed by atoms with E-state index in [1.165, 1.54) is 11.9 Å². The second-order valence-electron chi connectivity index (χ2n) is 4.13. The normalized spacial score (nSPS) is 10.5. The van der Waals surface area contributed by atoms with Crippen LogP contribution >= 0.6 is 23.2 Å². The maximum atomic E-state index is 6.02. The van der Waals surface area contributed by atoms with Crippen molar-refractivity contribution in [3.63, 3.8) is 0 Å². The molecule has 0 aromatic carbocycles. The molecule has 100 valence electrons. The molecule has 6 heteroatoms. The van der Waals surface area contributed by atoms with Crippen LogP contribution in [0.15, 0.2) is 30.9 Å². The summed E-state index contributed by atoms with van der Waals surface area (Å²) in [6, 6.07) is 4.01. The number of anilines is 1. The first-order chi connectivity index (χ1) is 9.22. The third-order valence-electron chi connectivity index (χ3n) is 2.85. The lowest BCUT2D eigenvalue weighted by molar-refractivity contribution is 0.847. The molecule has 0 aliphatic carbocycles. The number of alkyl halides is 1. The van der Waals surface area contributed by atoms with E-state index in [4.69, 9.17) is 23.2 Å². The van der Waals surface area contributed by atoms with Crippen molar-refractivity contribution < 1.29 is 0 Å². The number of hydrogen-bond acceptors (Lipinski definition) is 4. The van der Waals surface area contributed by atoms with Crippen molar-refractivity contribution >= 4 is 29.0 Å². The Morgan fingerprint density at radius 3 is 2.63 bits per heavy atom. The summed E-state index contributed by atoms with van der Waals surface area (Å²) in [6.07, 6.45) is 5.95. The summed E-state index contributed by atoms with van der Waals surface area (Å²) in [5.41, 5.74) is 2.00. The van der Waals surface area contributed by atoms with Crippen molar-refractivity contribution in [2.45, 2.75) is 12.3 Å². The van der Waals surface area contributed by atoms with Gasteiger partial charge >= 0.3 is 0 Å². The van der Waals surface area contributed by atoms with Gasteiger partial charge < -0.3 is 4.90 Å². The van der Waals surface area contributed by atoms with Gasteiger partial charge in [0, 0.05) is 31.5 Å². The van der Waals surface area contributed by atoms with E-state index in [1.54, 1.807) is 12.4 Å². The van der Waals surface area contributed by atoms with Crippen LogP contribution in [-0.2, 0) is 12.3 Å². The van der Waals surface area contributed by atoms with Gasteiger partial charge in [-0.05, 0) is 24.1 Å². The zero-order chi connectivity index (χ0) is 13.7. The Balaban J connectivity index is 2.08. The maximum absolute atomic E-state index is 6.02. The average Bonchev–Trinajstić information content (AvgIpc) is 2.45. The molecule has 2 aromatic rings. The molecule has 0 fully saturated rings. The Morgan fingerprint density at radius 1 is 1.21 bits per heavy atom. The van der Waals surface area contributed by atoms with Gasteiger partial charge in [0.15, 0.2) is 0 Å². The summed E-state index contributed by atoms with van der Waals surface area (Å²) in [7, 11) is 1.97. The first kappa shape index (κ1) is 14.0. The van der Waals surface area contributed by atoms with E-state index in [0.29, 0.717) is 11.0 Å². The quantitative estimate of drug-likeness (QED) is 0.628. The van der Waals surface area contributed by atoms with E-state index in [-0.39, 0.29) is 0 Å². The minimum absolute atomic E-state index is 0.300. The Hall–Kier alpha value is -1.39. The predicted molar refractivity (Wildman–Crippen MR) is 77.8 cm³/mol. The van der Waals surface area contributed by atoms with Crippen LogP contribution in [0.3, 0.4) is 0 Å². The van der Waals surface area contributed by atoms with Gasteiger partial charge in [0.05, 0.1) is 5.88 Å². The molecule has 2 heterocycles. The zero-order valence-electron chi connectivity index (χ0n) is 10.6. The SMILES string of the molecule is CN(CCc1ccncc1)c1ncnc(Cl)c1CCl. The van der Waals surface area contributed by atoms with Crippen molar-refractivity contribution in [2.24, 2.45) is 0 Å². The second kappa shape index (κ2) is 6.68. The van der Waals surface area contributed by atoms with Gasteiger partial charge in [-0.1, -0.05) is 11.6 Å². The summed E-state index contributed by atoms with van der Waals surface area (Å²) in [4.78, 5) is 14.2. The van der Waals surface area contributed by atoms with Crippen molar-refractivity contribution in [2.75, 3.05) is 18.5 Å². The minimum Gasteiger partial charge on any atom is -0.359 e. The Bertz CT molecular complexity index is 533. The lowest BCUT2D eigenvalue weighted by Gasteiger charge is -2.20. The van der Waals surface area contributed by atoms with Crippen molar-refractivity contribution in [1.82, 2.24) is 15.0 Å². The van der Waals surface area contributed by atoms with E-state index in [2.05, 4.69) is 15.0 Å². The van der Waals surface area contributed by atoms with Crippen LogP contribution in [0.5, 0.6) is 0 Å². The lowest BCUT2D eigenvalue weighted by atomic mass is 10.2. The molecule has 0 amide bonds. The van der Waals surface area contributed by atoms with Gasteiger partial charge in [0.2, 0.25) is 0 Å². The molecule has 2 aromatic heterocycles. The summed E-state index contributed by atoms with van der Waals surface area (Å²) in [5.74, 6) is 1.08. The topological polar surface area (TPSA) is 41.9 Å². The fourth-order valence-electron chi connectivity index (χ4n) is 1.78. The van der Waals surface area contributed by atoms with Crippen molar-refractivity contribution in [3.05, 3.63) is 47.1 Å². The zero-order valence-corrected chi connectivity index (χ0v) is 12.1. The van der Waals surface area contributed by atoms with Gasteiger partial charge in [-0.2, -0.15) is 0 Å². The van der Waals surface area contributed by atoms with Gasteiger partial charge in [-0.15, -0.1) is 11.6 Å². The van der Waals surface area contributed by atoms with Crippen LogP contribution in [-0.4, -0.2) is 28.5 Å².